The van der Waals surface area contributed by atoms with Gasteiger partial charge in [-0.2, -0.15) is 0 Å². The number of esters is 1. The van der Waals surface area contributed by atoms with Gasteiger partial charge in [-0.1, -0.05) is 12.1 Å². The zero-order valence-electron chi connectivity index (χ0n) is 17.8. The lowest BCUT2D eigenvalue weighted by atomic mass is 9.85. The molecule has 166 valence electrons. The zero-order valence-corrected chi connectivity index (χ0v) is 17.8. The molecular formula is C25H19NO7. The van der Waals surface area contributed by atoms with Crippen molar-refractivity contribution in [3.63, 3.8) is 0 Å². The summed E-state index contributed by atoms with van der Waals surface area (Å²) >= 11 is 0. The summed E-state index contributed by atoms with van der Waals surface area (Å²) in [6.45, 7) is 0. The number of rotatable bonds is 4. The van der Waals surface area contributed by atoms with Crippen molar-refractivity contribution < 1.29 is 28.5 Å². The summed E-state index contributed by atoms with van der Waals surface area (Å²) in [4.78, 5) is 29.9. The molecule has 1 aliphatic heterocycles. The second-order valence-electron chi connectivity index (χ2n) is 7.58. The van der Waals surface area contributed by atoms with Crippen LogP contribution in [0.3, 0.4) is 0 Å². The largest absolute Gasteiger partial charge is 0.507 e. The first-order valence-corrected chi connectivity index (χ1v) is 10.2. The van der Waals surface area contributed by atoms with Gasteiger partial charge in [0.1, 0.15) is 28.7 Å². The molecule has 1 aliphatic rings. The number of pyridine rings is 1. The van der Waals surface area contributed by atoms with Gasteiger partial charge in [-0.25, -0.2) is 0 Å². The van der Waals surface area contributed by atoms with Crippen LogP contribution in [0.25, 0.3) is 22.1 Å². The Kier molecular flexibility index (Phi) is 4.97. The number of carbonyl (C=O) groups is 1. The minimum atomic E-state index is -0.445. The summed E-state index contributed by atoms with van der Waals surface area (Å²) in [5, 5.41) is 10.7. The average Bonchev–Trinajstić information content (AvgIpc) is 2.83. The Morgan fingerprint density at radius 3 is 2.64 bits per heavy atom. The molecule has 8 heteroatoms. The molecule has 1 unspecified atom stereocenters. The normalized spacial score (nSPS) is 15.1. The quantitative estimate of drug-likeness (QED) is 0.371. The number of fused-ring (bicyclic) bond motifs is 3. The molecule has 0 bridgehead atoms. The van der Waals surface area contributed by atoms with Gasteiger partial charge in [0.15, 0.2) is 11.5 Å². The van der Waals surface area contributed by atoms with E-state index < -0.39 is 17.3 Å². The van der Waals surface area contributed by atoms with Gasteiger partial charge in [0, 0.05) is 29.9 Å². The fourth-order valence-electron chi connectivity index (χ4n) is 4.20. The summed E-state index contributed by atoms with van der Waals surface area (Å²) in [6.07, 6.45) is 4.68. The number of methoxy groups -OCH3 is 2. The van der Waals surface area contributed by atoms with Crippen LogP contribution >= 0.6 is 0 Å². The number of phenols is 1. The first-order valence-electron chi connectivity index (χ1n) is 10.2. The Labute approximate surface area is 188 Å². The highest BCUT2D eigenvalue weighted by atomic mass is 16.5. The predicted molar refractivity (Wildman–Crippen MR) is 119 cm³/mol. The van der Waals surface area contributed by atoms with Gasteiger partial charge >= 0.3 is 5.97 Å². The molecular weight excluding hydrogens is 426 g/mol. The molecule has 0 spiro atoms. The molecule has 2 aromatic heterocycles. The monoisotopic (exact) mass is 445 g/mol. The van der Waals surface area contributed by atoms with Crippen LogP contribution in [0, 0.1) is 0 Å². The number of nitrogens with zero attached hydrogens (tertiary/aromatic N) is 1. The van der Waals surface area contributed by atoms with Crippen LogP contribution in [0.15, 0.2) is 64.3 Å². The van der Waals surface area contributed by atoms with Crippen molar-refractivity contribution in [3.05, 3.63) is 76.4 Å². The molecule has 0 amide bonds. The molecule has 0 radical (unpaired) electrons. The van der Waals surface area contributed by atoms with E-state index in [0.717, 1.165) is 5.56 Å². The van der Waals surface area contributed by atoms with Crippen LogP contribution in [0.1, 0.15) is 23.5 Å². The summed E-state index contributed by atoms with van der Waals surface area (Å²) < 4.78 is 21.9. The molecule has 4 aromatic rings. The number of ether oxygens (including phenoxy) is 3. The molecule has 0 fully saturated rings. The molecule has 2 aromatic carbocycles. The summed E-state index contributed by atoms with van der Waals surface area (Å²) in [6, 6.07) is 9.94. The average molecular weight is 445 g/mol. The third-order valence-electron chi connectivity index (χ3n) is 5.75. The van der Waals surface area contributed by atoms with Crippen molar-refractivity contribution in [3.8, 4) is 34.1 Å². The predicted octanol–water partition coefficient (Wildman–Crippen LogP) is 4.02. The van der Waals surface area contributed by atoms with Gasteiger partial charge in [-0.15, -0.1) is 0 Å². The smallest absolute Gasteiger partial charge is 0.312 e. The second-order valence-corrected chi connectivity index (χ2v) is 7.58. The van der Waals surface area contributed by atoms with Crippen LogP contribution < -0.4 is 19.6 Å². The van der Waals surface area contributed by atoms with Crippen molar-refractivity contribution >= 4 is 16.9 Å². The number of benzene rings is 2. The van der Waals surface area contributed by atoms with Crippen molar-refractivity contribution in [2.45, 2.75) is 12.3 Å². The van der Waals surface area contributed by atoms with Gasteiger partial charge in [-0.05, 0) is 29.3 Å². The van der Waals surface area contributed by atoms with E-state index in [1.807, 2.05) is 6.07 Å². The van der Waals surface area contributed by atoms with Crippen molar-refractivity contribution in [1.82, 2.24) is 4.98 Å². The molecule has 5 rings (SSSR count). The number of aromatic hydroxyl groups is 1. The number of aromatic nitrogens is 1. The zero-order chi connectivity index (χ0) is 23.1. The lowest BCUT2D eigenvalue weighted by molar-refractivity contribution is -0.135. The summed E-state index contributed by atoms with van der Waals surface area (Å²) in [5.74, 6) is -0.0868. The second kappa shape index (κ2) is 7.98. The molecule has 8 nitrogen and oxygen atoms in total. The number of phenolic OH excluding ortho intramolecular Hbond substituents is 1. The van der Waals surface area contributed by atoms with Crippen molar-refractivity contribution in [1.29, 1.82) is 0 Å². The Hall–Kier alpha value is -4.33. The molecule has 1 N–H and O–H groups in total. The maximum absolute atomic E-state index is 13.5. The Morgan fingerprint density at radius 1 is 1.09 bits per heavy atom. The van der Waals surface area contributed by atoms with Crippen LogP contribution in [0.2, 0.25) is 0 Å². The van der Waals surface area contributed by atoms with Gasteiger partial charge in [0.25, 0.3) is 0 Å². The summed E-state index contributed by atoms with van der Waals surface area (Å²) in [5.41, 5.74) is 1.81. The number of hydrogen-bond donors (Lipinski definition) is 1. The lowest BCUT2D eigenvalue weighted by Crippen LogP contribution is -2.22. The fraction of sp³-hybridized carbons (Fsp3) is 0.160. The minimum absolute atomic E-state index is 0.00729. The van der Waals surface area contributed by atoms with E-state index in [1.54, 1.807) is 36.7 Å². The fourth-order valence-corrected chi connectivity index (χ4v) is 4.20. The molecule has 0 saturated heterocycles. The van der Waals surface area contributed by atoms with Crippen LogP contribution in [0.4, 0.5) is 0 Å². The lowest BCUT2D eigenvalue weighted by Gasteiger charge is -2.25. The Balaban J connectivity index is 1.75. The van der Waals surface area contributed by atoms with Crippen LogP contribution in [-0.2, 0) is 4.79 Å². The Bertz CT molecular complexity index is 1440. The molecule has 1 atom stereocenters. The van der Waals surface area contributed by atoms with E-state index >= 15 is 0 Å². The van der Waals surface area contributed by atoms with Gasteiger partial charge in [0.2, 0.25) is 5.43 Å². The molecule has 0 aliphatic carbocycles. The van der Waals surface area contributed by atoms with Crippen molar-refractivity contribution in [2.24, 2.45) is 0 Å². The number of hydrogen-bond acceptors (Lipinski definition) is 8. The van der Waals surface area contributed by atoms with E-state index in [4.69, 9.17) is 18.6 Å². The van der Waals surface area contributed by atoms with E-state index in [9.17, 15) is 14.7 Å². The van der Waals surface area contributed by atoms with Gasteiger partial charge in [-0.3, -0.25) is 14.6 Å². The van der Waals surface area contributed by atoms with Gasteiger partial charge < -0.3 is 23.7 Å². The van der Waals surface area contributed by atoms with E-state index in [-0.39, 0.29) is 34.5 Å². The topological polar surface area (TPSA) is 108 Å². The SMILES string of the molecule is COc1ccc(-c2coc3c4c(cc(O)c3c2=O)OC(=O)CC4c2cccnc2)cc1OC. The maximum Gasteiger partial charge on any atom is 0.312 e. The highest BCUT2D eigenvalue weighted by Crippen LogP contribution is 2.45. The maximum atomic E-state index is 13.5. The highest BCUT2D eigenvalue weighted by molar-refractivity contribution is 5.94. The Morgan fingerprint density at radius 2 is 1.91 bits per heavy atom. The minimum Gasteiger partial charge on any atom is -0.507 e. The molecule has 33 heavy (non-hydrogen) atoms. The first-order chi connectivity index (χ1) is 16.0. The van der Waals surface area contributed by atoms with Gasteiger partial charge in [0.05, 0.1) is 26.2 Å². The third kappa shape index (κ3) is 3.36. The third-order valence-corrected chi connectivity index (χ3v) is 5.75. The number of carbonyl (C=O) groups excluding carboxylic acids is 1. The van der Waals surface area contributed by atoms with E-state index in [1.165, 1.54) is 26.5 Å². The van der Waals surface area contributed by atoms with E-state index in [0.29, 0.717) is 22.6 Å². The summed E-state index contributed by atoms with van der Waals surface area (Å²) in [7, 11) is 3.02. The van der Waals surface area contributed by atoms with Crippen molar-refractivity contribution in [2.75, 3.05) is 14.2 Å². The molecule has 3 heterocycles. The standard InChI is InChI=1S/C25H19NO7/c1-30-18-6-5-13(8-19(18)31-2)16-12-32-25-22-15(14-4-3-7-26-11-14)9-21(28)33-20(22)10-17(27)23(25)24(16)29/h3-8,10-12,15,27H,9H2,1-2H3. The van der Waals surface area contributed by atoms with E-state index in [2.05, 4.69) is 4.98 Å². The highest BCUT2D eigenvalue weighted by Gasteiger charge is 2.33. The van der Waals surface area contributed by atoms with Crippen LogP contribution in [0.5, 0.6) is 23.0 Å². The van der Waals surface area contributed by atoms with Crippen LogP contribution in [-0.4, -0.2) is 30.3 Å². The first kappa shape index (κ1) is 20.6. The molecule has 0 saturated carbocycles.